The molecule has 2 aliphatic heterocycles. The lowest BCUT2D eigenvalue weighted by atomic mass is 9.89. The molecule has 1 amide bonds. The minimum absolute atomic E-state index is 0.102. The number of carbonyl (C=O) groups excluding carboxylic acids is 2. The molecule has 0 fully saturated rings. The number of hydrogen-bond donors (Lipinski definition) is 0. The van der Waals surface area contributed by atoms with Crippen molar-refractivity contribution in [1.82, 2.24) is 0 Å². The quantitative estimate of drug-likeness (QED) is 0.723. The number of esters is 1. The lowest BCUT2D eigenvalue weighted by Crippen LogP contribution is -2.28. The van der Waals surface area contributed by atoms with Gasteiger partial charge in [-0.2, -0.15) is 4.99 Å². The molecule has 2 heterocycles. The van der Waals surface area contributed by atoms with Gasteiger partial charge >= 0.3 is 5.97 Å². The van der Waals surface area contributed by atoms with Crippen LogP contribution in [0.15, 0.2) is 62.9 Å². The molecule has 2 aromatic carbocycles. The van der Waals surface area contributed by atoms with Crippen LogP contribution in [0.5, 0.6) is 0 Å². The fraction of sp³-hybridized carbons (Fsp3) is 0.273. The first-order valence-corrected chi connectivity index (χ1v) is 10.3. The van der Waals surface area contributed by atoms with Crippen LogP contribution in [0.4, 0.5) is 0 Å². The van der Waals surface area contributed by atoms with Crippen molar-refractivity contribution in [3.63, 3.8) is 0 Å². The molecule has 0 radical (unpaired) electrons. The lowest BCUT2D eigenvalue weighted by molar-refractivity contribution is -0.118. The van der Waals surface area contributed by atoms with Crippen molar-refractivity contribution < 1.29 is 14.3 Å². The molecular formula is C22H18N2O3S. The summed E-state index contributed by atoms with van der Waals surface area (Å²) < 4.78 is 5.44. The Labute approximate surface area is 166 Å². The Balaban J connectivity index is 1.33. The largest absolute Gasteiger partial charge is 0.454 e. The Bertz CT molecular complexity index is 1090. The molecule has 1 atom stereocenters. The summed E-state index contributed by atoms with van der Waals surface area (Å²) in [5.41, 5.74) is 1.70. The van der Waals surface area contributed by atoms with Gasteiger partial charge in [-0.25, -0.2) is 9.79 Å². The van der Waals surface area contributed by atoms with Crippen LogP contribution >= 0.6 is 11.8 Å². The predicted octanol–water partition coefficient (Wildman–Crippen LogP) is 4.52. The van der Waals surface area contributed by atoms with Gasteiger partial charge in [0.05, 0.1) is 10.6 Å². The van der Waals surface area contributed by atoms with E-state index in [0.717, 1.165) is 41.5 Å². The summed E-state index contributed by atoms with van der Waals surface area (Å²) in [4.78, 5) is 35.1. The molecule has 1 aliphatic carbocycles. The van der Waals surface area contributed by atoms with E-state index >= 15 is 0 Å². The number of ether oxygens (including phenoxy) is 1. The number of amides is 1. The van der Waals surface area contributed by atoms with E-state index in [4.69, 9.17) is 4.74 Å². The van der Waals surface area contributed by atoms with Crippen LogP contribution in [0.1, 0.15) is 36.0 Å². The van der Waals surface area contributed by atoms with Crippen LogP contribution < -0.4 is 0 Å². The van der Waals surface area contributed by atoms with Gasteiger partial charge in [-0.05, 0) is 53.0 Å². The fourth-order valence-electron chi connectivity index (χ4n) is 4.02. The van der Waals surface area contributed by atoms with E-state index in [-0.39, 0.29) is 24.3 Å². The van der Waals surface area contributed by atoms with E-state index in [1.54, 1.807) is 17.8 Å². The molecule has 3 aliphatic rings. The van der Waals surface area contributed by atoms with Gasteiger partial charge in [0.25, 0.3) is 5.91 Å². The fourth-order valence-corrected chi connectivity index (χ4v) is 5.38. The van der Waals surface area contributed by atoms with Gasteiger partial charge in [0.15, 0.2) is 12.4 Å². The smallest absolute Gasteiger partial charge is 0.339 e. The molecule has 140 valence electrons. The molecule has 0 bridgehead atoms. The molecular weight excluding hydrogens is 372 g/mol. The van der Waals surface area contributed by atoms with Crippen LogP contribution in [0.3, 0.4) is 0 Å². The maximum absolute atomic E-state index is 12.6. The lowest BCUT2D eigenvalue weighted by Gasteiger charge is -2.18. The summed E-state index contributed by atoms with van der Waals surface area (Å²) in [6, 6.07) is 13.2. The number of allylic oxidation sites excluding steroid dienone is 1. The monoisotopic (exact) mass is 390 g/mol. The van der Waals surface area contributed by atoms with Crippen molar-refractivity contribution in [2.45, 2.75) is 25.7 Å². The zero-order valence-electron chi connectivity index (χ0n) is 15.2. The van der Waals surface area contributed by atoms with Gasteiger partial charge < -0.3 is 4.74 Å². The van der Waals surface area contributed by atoms with Crippen molar-refractivity contribution in [1.29, 1.82) is 0 Å². The third-order valence-electron chi connectivity index (χ3n) is 5.35. The number of amidine groups is 1. The van der Waals surface area contributed by atoms with E-state index in [0.29, 0.717) is 5.56 Å². The summed E-state index contributed by atoms with van der Waals surface area (Å²) in [5.74, 6) is -0.638. The van der Waals surface area contributed by atoms with Crippen molar-refractivity contribution >= 4 is 45.3 Å². The highest BCUT2D eigenvalue weighted by molar-refractivity contribution is 8.17. The molecule has 0 spiro atoms. The topological polar surface area (TPSA) is 68.1 Å². The van der Waals surface area contributed by atoms with Gasteiger partial charge in [-0.1, -0.05) is 48.2 Å². The molecule has 0 saturated heterocycles. The number of aliphatic imine (C=N–C) groups is 2. The molecule has 5 rings (SSSR count). The predicted molar refractivity (Wildman–Crippen MR) is 111 cm³/mol. The second kappa shape index (κ2) is 7.02. The SMILES string of the molecule is O=C(OCC1=NC(=O)C2C(=N1)SC1=C2CCCC1)c1cccc2ccccc12. The third-order valence-corrected chi connectivity index (χ3v) is 6.60. The third kappa shape index (κ3) is 2.98. The van der Waals surface area contributed by atoms with Crippen molar-refractivity contribution in [2.24, 2.45) is 15.9 Å². The normalized spacial score (nSPS) is 21.1. The van der Waals surface area contributed by atoms with Gasteiger partial charge in [-0.3, -0.25) is 4.79 Å². The number of nitrogens with zero attached hydrogens (tertiary/aromatic N) is 2. The number of benzene rings is 2. The highest BCUT2D eigenvalue weighted by atomic mass is 32.2. The second-order valence-electron chi connectivity index (χ2n) is 7.11. The summed E-state index contributed by atoms with van der Waals surface area (Å²) in [5, 5.41) is 2.61. The van der Waals surface area contributed by atoms with Gasteiger partial charge in [-0.15, -0.1) is 0 Å². The zero-order chi connectivity index (χ0) is 19.1. The van der Waals surface area contributed by atoms with Crippen molar-refractivity contribution in [2.75, 3.05) is 6.61 Å². The van der Waals surface area contributed by atoms with E-state index in [1.807, 2.05) is 36.4 Å². The van der Waals surface area contributed by atoms with E-state index < -0.39 is 5.97 Å². The Hall–Kier alpha value is -2.73. The summed E-state index contributed by atoms with van der Waals surface area (Å²) in [7, 11) is 0. The molecule has 0 saturated carbocycles. The molecule has 28 heavy (non-hydrogen) atoms. The van der Waals surface area contributed by atoms with Gasteiger partial charge in [0.2, 0.25) is 0 Å². The van der Waals surface area contributed by atoms with Gasteiger partial charge in [0.1, 0.15) is 5.92 Å². The van der Waals surface area contributed by atoms with E-state index in [9.17, 15) is 9.59 Å². The summed E-state index contributed by atoms with van der Waals surface area (Å²) in [6.07, 6.45) is 4.26. The summed E-state index contributed by atoms with van der Waals surface area (Å²) in [6.45, 7) is -0.102. The molecule has 0 aromatic heterocycles. The first-order valence-electron chi connectivity index (χ1n) is 9.45. The van der Waals surface area contributed by atoms with Crippen LogP contribution in [0, 0.1) is 5.92 Å². The Kier molecular flexibility index (Phi) is 4.36. The number of carbonyl (C=O) groups is 2. The molecule has 0 N–H and O–H groups in total. The Morgan fingerprint density at radius 3 is 2.82 bits per heavy atom. The van der Waals surface area contributed by atoms with Gasteiger partial charge in [0, 0.05) is 0 Å². The highest BCUT2D eigenvalue weighted by Crippen LogP contribution is 2.47. The van der Waals surface area contributed by atoms with Crippen LogP contribution in [0.2, 0.25) is 0 Å². The average Bonchev–Trinajstić information content (AvgIpc) is 3.10. The molecule has 6 heteroatoms. The molecule has 2 aromatic rings. The first kappa shape index (κ1) is 17.4. The summed E-state index contributed by atoms with van der Waals surface area (Å²) >= 11 is 1.61. The van der Waals surface area contributed by atoms with E-state index in [1.165, 1.54) is 10.5 Å². The molecule has 1 unspecified atom stereocenters. The van der Waals surface area contributed by atoms with Crippen molar-refractivity contribution in [3.8, 4) is 0 Å². The highest BCUT2D eigenvalue weighted by Gasteiger charge is 2.40. The van der Waals surface area contributed by atoms with Crippen molar-refractivity contribution in [3.05, 3.63) is 58.5 Å². The van der Waals surface area contributed by atoms with Crippen LogP contribution in [-0.2, 0) is 9.53 Å². The average molecular weight is 390 g/mol. The number of hydrogen-bond acceptors (Lipinski definition) is 5. The maximum Gasteiger partial charge on any atom is 0.339 e. The standard InChI is InChI=1S/C22H18N2O3S/c25-20-19-16-9-3-4-11-17(16)28-21(19)24-18(23-20)12-27-22(26)15-10-5-7-13-6-1-2-8-14(13)15/h1-2,5-8,10,19H,3-4,9,11-12H2. The second-order valence-corrected chi connectivity index (χ2v) is 8.22. The number of rotatable bonds is 3. The Morgan fingerprint density at radius 1 is 1.07 bits per heavy atom. The minimum atomic E-state index is -0.439. The van der Waals surface area contributed by atoms with Crippen LogP contribution in [0.25, 0.3) is 10.8 Å². The maximum atomic E-state index is 12.6. The number of thioether (sulfide) groups is 1. The van der Waals surface area contributed by atoms with E-state index in [2.05, 4.69) is 9.98 Å². The minimum Gasteiger partial charge on any atom is -0.454 e. The van der Waals surface area contributed by atoms with Crippen LogP contribution in [-0.4, -0.2) is 29.4 Å². The molecule has 5 nitrogen and oxygen atoms in total. The number of fused-ring (bicyclic) bond motifs is 3. The Morgan fingerprint density at radius 2 is 1.89 bits per heavy atom. The first-order chi connectivity index (χ1) is 13.7. The zero-order valence-corrected chi connectivity index (χ0v) is 16.0.